The topological polar surface area (TPSA) is 24.9 Å². The fraction of sp³-hybridized carbons (Fsp3) is 0.312. The minimum atomic E-state index is 0.213. The lowest BCUT2D eigenvalue weighted by molar-refractivity contribution is 0.860. The second-order valence-corrected chi connectivity index (χ2v) is 6.39. The zero-order valence-corrected chi connectivity index (χ0v) is 14.4. The maximum atomic E-state index is 5.92. The Morgan fingerprint density at radius 2 is 1.75 bits per heavy atom. The summed E-state index contributed by atoms with van der Waals surface area (Å²) in [4.78, 5) is 4.14. The van der Waals surface area contributed by atoms with Crippen LogP contribution in [-0.2, 0) is 0 Å². The van der Waals surface area contributed by atoms with Gasteiger partial charge in [-0.05, 0) is 66.4 Å². The molecule has 0 amide bonds. The van der Waals surface area contributed by atoms with Crippen molar-refractivity contribution in [3.63, 3.8) is 0 Å². The van der Waals surface area contributed by atoms with Gasteiger partial charge in [-0.3, -0.25) is 0 Å². The first kappa shape index (κ1) is 15.3. The molecule has 0 radical (unpaired) electrons. The van der Waals surface area contributed by atoms with Gasteiger partial charge >= 0.3 is 0 Å². The van der Waals surface area contributed by atoms with E-state index in [0.29, 0.717) is 5.15 Å². The molecule has 2 aromatic rings. The van der Waals surface area contributed by atoms with Crippen LogP contribution in [0, 0.1) is 20.8 Å². The SMILES string of the molecule is Cc1cc(C)c(C(C)Nc2cnc(Cl)c(Br)c2)c(C)c1. The minimum Gasteiger partial charge on any atom is -0.377 e. The average molecular weight is 354 g/mol. The van der Waals surface area contributed by atoms with E-state index in [4.69, 9.17) is 11.6 Å². The van der Waals surface area contributed by atoms with Gasteiger partial charge in [0.1, 0.15) is 5.15 Å². The summed E-state index contributed by atoms with van der Waals surface area (Å²) in [6.45, 7) is 8.60. The van der Waals surface area contributed by atoms with Crippen molar-refractivity contribution in [2.45, 2.75) is 33.7 Å². The molecule has 0 saturated heterocycles. The molecule has 0 fully saturated rings. The lowest BCUT2D eigenvalue weighted by Gasteiger charge is -2.21. The fourth-order valence-electron chi connectivity index (χ4n) is 2.70. The maximum Gasteiger partial charge on any atom is 0.143 e. The van der Waals surface area contributed by atoms with Crippen molar-refractivity contribution in [2.75, 3.05) is 5.32 Å². The molecule has 106 valence electrons. The lowest BCUT2D eigenvalue weighted by Crippen LogP contribution is -2.10. The van der Waals surface area contributed by atoms with Crippen molar-refractivity contribution in [3.8, 4) is 0 Å². The summed E-state index contributed by atoms with van der Waals surface area (Å²) in [5.74, 6) is 0. The van der Waals surface area contributed by atoms with Crippen LogP contribution >= 0.6 is 27.5 Å². The Balaban J connectivity index is 2.28. The molecule has 4 heteroatoms. The van der Waals surface area contributed by atoms with Crippen LogP contribution in [0.1, 0.15) is 35.2 Å². The summed E-state index contributed by atoms with van der Waals surface area (Å²) < 4.78 is 0.800. The van der Waals surface area contributed by atoms with E-state index in [0.717, 1.165) is 10.2 Å². The van der Waals surface area contributed by atoms with Gasteiger partial charge < -0.3 is 5.32 Å². The summed E-state index contributed by atoms with van der Waals surface area (Å²) in [5.41, 5.74) is 6.20. The standard InChI is InChI=1S/C16H18BrClN2/c1-9-5-10(2)15(11(3)6-9)12(4)20-13-7-14(17)16(18)19-8-13/h5-8,12,20H,1-4H3. The number of halogens is 2. The van der Waals surface area contributed by atoms with Gasteiger partial charge in [-0.2, -0.15) is 0 Å². The lowest BCUT2D eigenvalue weighted by atomic mass is 9.95. The average Bonchev–Trinajstić information content (AvgIpc) is 2.32. The molecule has 2 nitrogen and oxygen atoms in total. The third-order valence-electron chi connectivity index (χ3n) is 3.35. The first-order valence-electron chi connectivity index (χ1n) is 6.54. The number of pyridine rings is 1. The predicted molar refractivity (Wildman–Crippen MR) is 89.6 cm³/mol. The largest absolute Gasteiger partial charge is 0.377 e. The second-order valence-electron chi connectivity index (χ2n) is 5.18. The maximum absolute atomic E-state index is 5.92. The van der Waals surface area contributed by atoms with Gasteiger partial charge in [-0.25, -0.2) is 4.98 Å². The van der Waals surface area contributed by atoms with E-state index in [2.05, 4.69) is 66.1 Å². The van der Waals surface area contributed by atoms with Crippen molar-refractivity contribution in [3.05, 3.63) is 56.3 Å². The minimum absolute atomic E-state index is 0.213. The van der Waals surface area contributed by atoms with Gasteiger partial charge in [-0.15, -0.1) is 0 Å². The van der Waals surface area contributed by atoms with Crippen molar-refractivity contribution in [1.29, 1.82) is 0 Å². The van der Waals surface area contributed by atoms with Crippen LogP contribution in [0.2, 0.25) is 5.15 Å². The Hall–Kier alpha value is -1.06. The van der Waals surface area contributed by atoms with E-state index in [1.165, 1.54) is 22.3 Å². The van der Waals surface area contributed by atoms with Crippen molar-refractivity contribution >= 4 is 33.2 Å². The molecule has 2 rings (SSSR count). The van der Waals surface area contributed by atoms with Gasteiger partial charge in [0, 0.05) is 6.04 Å². The molecule has 0 aliphatic rings. The Labute approximate surface area is 133 Å². The zero-order valence-electron chi connectivity index (χ0n) is 12.1. The van der Waals surface area contributed by atoms with E-state index >= 15 is 0 Å². The molecular weight excluding hydrogens is 336 g/mol. The molecule has 1 heterocycles. The highest BCUT2D eigenvalue weighted by molar-refractivity contribution is 9.10. The highest BCUT2D eigenvalue weighted by atomic mass is 79.9. The molecule has 1 unspecified atom stereocenters. The first-order chi connectivity index (χ1) is 9.38. The monoisotopic (exact) mass is 352 g/mol. The molecule has 0 bridgehead atoms. The number of aromatic nitrogens is 1. The highest BCUT2D eigenvalue weighted by Gasteiger charge is 2.12. The summed E-state index contributed by atoms with van der Waals surface area (Å²) in [5, 5.41) is 3.95. The van der Waals surface area contributed by atoms with Crippen LogP contribution in [0.25, 0.3) is 0 Å². The number of aryl methyl sites for hydroxylation is 3. The van der Waals surface area contributed by atoms with Gasteiger partial charge in [0.25, 0.3) is 0 Å². The Kier molecular flexibility index (Phi) is 4.71. The Morgan fingerprint density at radius 3 is 2.30 bits per heavy atom. The van der Waals surface area contributed by atoms with E-state index in [-0.39, 0.29) is 6.04 Å². The molecule has 0 saturated carbocycles. The molecule has 1 aromatic heterocycles. The van der Waals surface area contributed by atoms with Crippen LogP contribution in [0.3, 0.4) is 0 Å². The third kappa shape index (κ3) is 3.33. The molecular formula is C16H18BrClN2. The summed E-state index contributed by atoms with van der Waals surface area (Å²) in [6, 6.07) is 6.60. The van der Waals surface area contributed by atoms with Crippen LogP contribution in [-0.4, -0.2) is 4.98 Å². The van der Waals surface area contributed by atoms with Gasteiger partial charge in [0.15, 0.2) is 0 Å². The van der Waals surface area contributed by atoms with Gasteiger partial charge in [0.2, 0.25) is 0 Å². The summed E-state index contributed by atoms with van der Waals surface area (Å²) in [6.07, 6.45) is 1.75. The van der Waals surface area contributed by atoms with Crippen molar-refractivity contribution in [2.24, 2.45) is 0 Å². The van der Waals surface area contributed by atoms with Crippen LogP contribution in [0.5, 0.6) is 0 Å². The number of rotatable bonds is 3. The number of nitrogens with zero attached hydrogens (tertiary/aromatic N) is 1. The van der Waals surface area contributed by atoms with E-state index in [9.17, 15) is 0 Å². The number of hydrogen-bond acceptors (Lipinski definition) is 2. The third-order valence-corrected chi connectivity index (χ3v) is 4.48. The Morgan fingerprint density at radius 1 is 1.15 bits per heavy atom. The molecule has 1 atom stereocenters. The summed E-state index contributed by atoms with van der Waals surface area (Å²) in [7, 11) is 0. The van der Waals surface area contributed by atoms with Crippen molar-refractivity contribution in [1.82, 2.24) is 4.98 Å². The Bertz CT molecular complexity index is 617. The van der Waals surface area contributed by atoms with Crippen LogP contribution in [0.15, 0.2) is 28.9 Å². The van der Waals surface area contributed by atoms with Gasteiger partial charge in [0.05, 0.1) is 16.4 Å². The zero-order chi connectivity index (χ0) is 14.9. The van der Waals surface area contributed by atoms with Crippen LogP contribution < -0.4 is 5.32 Å². The van der Waals surface area contributed by atoms with Crippen molar-refractivity contribution < 1.29 is 0 Å². The fourth-order valence-corrected chi connectivity index (χ4v) is 3.15. The number of benzene rings is 1. The predicted octanol–water partition coefficient (Wildman–Crippen LogP) is 5.60. The highest BCUT2D eigenvalue weighted by Crippen LogP contribution is 2.28. The van der Waals surface area contributed by atoms with Crippen LogP contribution in [0.4, 0.5) is 5.69 Å². The molecule has 20 heavy (non-hydrogen) atoms. The van der Waals surface area contributed by atoms with E-state index in [1.807, 2.05) is 6.07 Å². The van der Waals surface area contributed by atoms with E-state index < -0.39 is 0 Å². The molecule has 1 N–H and O–H groups in total. The molecule has 1 aromatic carbocycles. The van der Waals surface area contributed by atoms with E-state index in [1.54, 1.807) is 6.20 Å². The quantitative estimate of drug-likeness (QED) is 0.727. The smallest absolute Gasteiger partial charge is 0.143 e. The summed E-state index contributed by atoms with van der Waals surface area (Å²) >= 11 is 9.31. The first-order valence-corrected chi connectivity index (χ1v) is 7.71. The number of nitrogens with one attached hydrogen (secondary N) is 1. The number of hydrogen-bond donors (Lipinski definition) is 1. The molecule has 0 spiro atoms. The number of anilines is 1. The normalized spacial score (nSPS) is 12.3. The molecule has 0 aliphatic heterocycles. The van der Waals surface area contributed by atoms with Gasteiger partial charge in [-0.1, -0.05) is 29.3 Å². The molecule has 0 aliphatic carbocycles. The second kappa shape index (κ2) is 6.15.